The fourth-order valence-corrected chi connectivity index (χ4v) is 5.86. The number of rotatable bonds is 3. The molecule has 6 N–H and O–H groups in total. The van der Waals surface area contributed by atoms with Crippen LogP contribution in [0, 0.1) is 11.8 Å². The van der Waals surface area contributed by atoms with Gasteiger partial charge >= 0.3 is 0 Å². The molecule has 1 amide bonds. The van der Waals surface area contributed by atoms with Gasteiger partial charge in [0.05, 0.1) is 17.3 Å². The lowest BCUT2D eigenvalue weighted by atomic mass is 9.58. The van der Waals surface area contributed by atoms with Crippen LogP contribution in [0.3, 0.4) is 0 Å². The Kier molecular flexibility index (Phi) is 4.90. The SMILES string of the molecule is CN(C)[C@@H]1C(O)=C(C(N)=O)C(=O)[C@@]2(O)C(O)=C3C(=O)c4c(O)ccc(-n5cccn5)c4C[C@H]3C[C@@H]12. The second-order valence-corrected chi connectivity index (χ2v) is 9.37. The van der Waals surface area contributed by atoms with Gasteiger partial charge in [-0.3, -0.25) is 19.3 Å². The van der Waals surface area contributed by atoms with Crippen molar-refractivity contribution >= 4 is 17.5 Å². The molecule has 35 heavy (non-hydrogen) atoms. The highest BCUT2D eigenvalue weighted by molar-refractivity contribution is 6.24. The summed E-state index contributed by atoms with van der Waals surface area (Å²) in [5.74, 6) is -6.77. The molecule has 0 spiro atoms. The molecule has 2 aromatic rings. The normalized spacial score (nSPS) is 28.2. The molecule has 182 valence electrons. The number of nitrogens with zero attached hydrogens (tertiary/aromatic N) is 3. The van der Waals surface area contributed by atoms with Gasteiger partial charge in [0.2, 0.25) is 5.78 Å². The minimum Gasteiger partial charge on any atom is -0.510 e. The van der Waals surface area contributed by atoms with E-state index in [0.29, 0.717) is 11.3 Å². The second kappa shape index (κ2) is 7.52. The molecule has 0 fully saturated rings. The number of amides is 1. The fourth-order valence-electron chi connectivity index (χ4n) is 5.86. The average molecular weight is 480 g/mol. The number of aliphatic hydroxyl groups excluding tert-OH is 2. The Labute approximate surface area is 199 Å². The monoisotopic (exact) mass is 480 g/mol. The second-order valence-electron chi connectivity index (χ2n) is 9.37. The van der Waals surface area contributed by atoms with Crippen LogP contribution in [0.4, 0.5) is 0 Å². The van der Waals surface area contributed by atoms with Gasteiger partial charge in [0.15, 0.2) is 11.4 Å². The van der Waals surface area contributed by atoms with Gasteiger partial charge in [0.1, 0.15) is 22.8 Å². The summed E-state index contributed by atoms with van der Waals surface area (Å²) >= 11 is 0. The highest BCUT2D eigenvalue weighted by Crippen LogP contribution is 2.52. The summed E-state index contributed by atoms with van der Waals surface area (Å²) in [6.45, 7) is 0. The van der Waals surface area contributed by atoms with Crippen molar-refractivity contribution in [1.82, 2.24) is 14.7 Å². The minimum atomic E-state index is -2.65. The Hall–Kier alpha value is -3.96. The summed E-state index contributed by atoms with van der Waals surface area (Å²) in [6, 6.07) is 3.65. The number of carbonyl (C=O) groups excluding carboxylic acids is 3. The predicted molar refractivity (Wildman–Crippen MR) is 121 cm³/mol. The molecule has 0 aliphatic heterocycles. The maximum atomic E-state index is 13.6. The molecule has 5 rings (SSSR count). The molecule has 0 unspecified atom stereocenters. The molecule has 4 atom stereocenters. The molecule has 0 saturated carbocycles. The number of hydrogen-bond donors (Lipinski definition) is 5. The number of carbonyl (C=O) groups is 3. The summed E-state index contributed by atoms with van der Waals surface area (Å²) < 4.78 is 1.56. The van der Waals surface area contributed by atoms with Gasteiger partial charge in [-0.05, 0) is 56.6 Å². The summed E-state index contributed by atoms with van der Waals surface area (Å²) in [4.78, 5) is 40.4. The zero-order valence-electron chi connectivity index (χ0n) is 19.0. The number of fused-ring (bicyclic) bond motifs is 3. The first-order valence-corrected chi connectivity index (χ1v) is 11.0. The van der Waals surface area contributed by atoms with Crippen molar-refractivity contribution < 1.29 is 34.8 Å². The molecule has 0 radical (unpaired) electrons. The Morgan fingerprint density at radius 2 is 1.94 bits per heavy atom. The quantitative estimate of drug-likeness (QED) is 0.386. The van der Waals surface area contributed by atoms with Gasteiger partial charge in [0, 0.05) is 23.9 Å². The van der Waals surface area contributed by atoms with Crippen LogP contribution in [-0.4, -0.2) is 78.3 Å². The first kappa shape index (κ1) is 22.8. The Bertz CT molecular complexity index is 1360. The maximum absolute atomic E-state index is 13.6. The van der Waals surface area contributed by atoms with Crippen LogP contribution >= 0.6 is 0 Å². The molecule has 3 aliphatic carbocycles. The standard InChI is InChI=1S/C24H24N4O7/c1-27(2)18-12-9-10-8-11-13(28-7-3-6-26-28)4-5-14(29)16(11)19(30)15(10)21(32)24(12,35)22(33)17(20(18)31)23(25)34/h3-7,10,12,18,29,31-32,35H,8-9H2,1-2H3,(H2,25,34)/t10-,12-,18-,24-/m0/s1. The number of likely N-dealkylation sites (N-methyl/N-ethyl adjacent to an activating group) is 1. The van der Waals surface area contributed by atoms with Crippen LogP contribution in [0.5, 0.6) is 5.75 Å². The Balaban J connectivity index is 1.74. The number of primary amides is 1. The summed E-state index contributed by atoms with van der Waals surface area (Å²) in [6.07, 6.45) is 3.48. The number of phenols is 1. The lowest BCUT2D eigenvalue weighted by Gasteiger charge is -2.50. The van der Waals surface area contributed by atoms with Crippen LogP contribution in [0.15, 0.2) is 53.3 Å². The van der Waals surface area contributed by atoms with Crippen LogP contribution in [0.25, 0.3) is 5.69 Å². The number of nitrogens with two attached hydrogens (primary N) is 1. The van der Waals surface area contributed by atoms with Crippen molar-refractivity contribution in [2.75, 3.05) is 14.1 Å². The fraction of sp³-hybridized carbons (Fsp3) is 0.333. The number of Topliss-reactive ketones (excluding diaryl/α,β-unsaturated/α-hetero) is 2. The van der Waals surface area contributed by atoms with Crippen molar-refractivity contribution in [2.24, 2.45) is 17.6 Å². The number of hydrogen-bond acceptors (Lipinski definition) is 9. The number of allylic oxidation sites excluding steroid dienone is 1. The number of ketones is 2. The van der Waals surface area contributed by atoms with Gasteiger partial charge in [0.25, 0.3) is 5.91 Å². The largest absolute Gasteiger partial charge is 0.510 e. The van der Waals surface area contributed by atoms with E-state index < -0.39 is 58.0 Å². The van der Waals surface area contributed by atoms with E-state index in [4.69, 9.17) is 5.73 Å². The van der Waals surface area contributed by atoms with Crippen molar-refractivity contribution in [3.63, 3.8) is 0 Å². The summed E-state index contributed by atoms with van der Waals surface area (Å²) in [7, 11) is 3.17. The van der Waals surface area contributed by atoms with Gasteiger partial charge in [-0.15, -0.1) is 0 Å². The van der Waals surface area contributed by atoms with Crippen molar-refractivity contribution in [1.29, 1.82) is 0 Å². The zero-order valence-corrected chi connectivity index (χ0v) is 19.0. The smallest absolute Gasteiger partial charge is 0.255 e. The molecular formula is C24H24N4O7. The Morgan fingerprint density at radius 1 is 1.23 bits per heavy atom. The Morgan fingerprint density at radius 3 is 2.54 bits per heavy atom. The van der Waals surface area contributed by atoms with E-state index in [0.717, 1.165) is 0 Å². The van der Waals surface area contributed by atoms with Crippen LogP contribution in [-0.2, 0) is 16.0 Å². The minimum absolute atomic E-state index is 0.0277. The van der Waals surface area contributed by atoms with Crippen molar-refractivity contribution in [3.05, 3.63) is 64.4 Å². The van der Waals surface area contributed by atoms with Gasteiger partial charge in [-0.1, -0.05) is 0 Å². The molecule has 3 aliphatic rings. The molecule has 1 heterocycles. The number of aromatic nitrogens is 2. The number of aliphatic hydroxyl groups is 3. The van der Waals surface area contributed by atoms with Crippen LogP contribution in [0.1, 0.15) is 22.3 Å². The topological polar surface area (TPSA) is 179 Å². The molecule has 1 aromatic heterocycles. The molecule has 1 aromatic carbocycles. The highest BCUT2D eigenvalue weighted by atomic mass is 16.3. The first-order valence-electron chi connectivity index (χ1n) is 11.0. The molecule has 0 bridgehead atoms. The molecule has 0 saturated heterocycles. The third-order valence-corrected chi connectivity index (χ3v) is 7.33. The van der Waals surface area contributed by atoms with Gasteiger partial charge in [-0.25, -0.2) is 4.68 Å². The van der Waals surface area contributed by atoms with Gasteiger partial charge in [-0.2, -0.15) is 5.10 Å². The van der Waals surface area contributed by atoms with E-state index in [-0.39, 0.29) is 29.7 Å². The van der Waals surface area contributed by atoms with Gasteiger partial charge < -0.3 is 26.2 Å². The van der Waals surface area contributed by atoms with Crippen molar-refractivity contribution in [2.45, 2.75) is 24.5 Å². The number of phenolic OH excluding ortho intramolecular Hbond substituents is 1. The van der Waals surface area contributed by atoms with E-state index >= 15 is 0 Å². The van der Waals surface area contributed by atoms with E-state index in [9.17, 15) is 34.8 Å². The molecule has 11 nitrogen and oxygen atoms in total. The number of aromatic hydroxyl groups is 1. The lowest BCUT2D eigenvalue weighted by molar-refractivity contribution is -0.148. The van der Waals surface area contributed by atoms with Crippen LogP contribution in [0.2, 0.25) is 0 Å². The maximum Gasteiger partial charge on any atom is 0.255 e. The third kappa shape index (κ3) is 2.91. The average Bonchev–Trinajstić information content (AvgIpc) is 3.30. The van der Waals surface area contributed by atoms with E-state index in [1.807, 2.05) is 0 Å². The zero-order chi connectivity index (χ0) is 25.4. The van der Waals surface area contributed by atoms with Crippen molar-refractivity contribution in [3.8, 4) is 11.4 Å². The summed E-state index contributed by atoms with van der Waals surface area (Å²) in [5.41, 5.74) is 2.67. The van der Waals surface area contributed by atoms with E-state index in [1.54, 1.807) is 43.3 Å². The van der Waals surface area contributed by atoms with Crippen LogP contribution < -0.4 is 5.73 Å². The lowest BCUT2D eigenvalue weighted by Crippen LogP contribution is -2.63. The molecular weight excluding hydrogens is 456 g/mol. The molecule has 11 heteroatoms. The highest BCUT2D eigenvalue weighted by Gasteiger charge is 2.63. The van der Waals surface area contributed by atoms with E-state index in [1.165, 1.54) is 11.0 Å². The predicted octanol–water partition coefficient (Wildman–Crippen LogP) is 0.306. The number of benzene rings is 1. The third-order valence-electron chi connectivity index (χ3n) is 7.33. The summed E-state index contributed by atoms with van der Waals surface area (Å²) in [5, 5.41) is 48.4. The van der Waals surface area contributed by atoms with E-state index in [2.05, 4.69) is 5.10 Å². The first-order chi connectivity index (χ1) is 16.5.